The molecule has 7 nitrogen and oxygen atoms in total. The van der Waals surface area contributed by atoms with Crippen molar-refractivity contribution >= 4 is 17.6 Å². The first-order valence-corrected chi connectivity index (χ1v) is 12.2. The zero-order valence-corrected chi connectivity index (χ0v) is 19.7. The third kappa shape index (κ3) is 5.82. The average molecular weight is 454 g/mol. The summed E-state index contributed by atoms with van der Waals surface area (Å²) in [4.78, 5) is 27.7. The maximum atomic E-state index is 13.7. The van der Waals surface area contributed by atoms with Crippen LogP contribution in [0.2, 0.25) is 0 Å². The van der Waals surface area contributed by atoms with Gasteiger partial charge >= 0.3 is 5.97 Å². The van der Waals surface area contributed by atoms with Gasteiger partial charge in [0.25, 0.3) is 0 Å². The van der Waals surface area contributed by atoms with Crippen LogP contribution in [0.25, 0.3) is 0 Å². The Morgan fingerprint density at radius 2 is 1.91 bits per heavy atom. The molecule has 2 aliphatic rings. The molecule has 0 radical (unpaired) electrons. The van der Waals surface area contributed by atoms with E-state index < -0.39 is 0 Å². The molecule has 1 amide bonds. The van der Waals surface area contributed by atoms with Gasteiger partial charge in [-0.2, -0.15) is 5.10 Å². The Morgan fingerprint density at radius 1 is 1.15 bits per heavy atom. The molecule has 0 spiro atoms. The largest absolute Gasteiger partial charge is 0.462 e. The minimum atomic E-state index is -0.365. The average Bonchev–Trinajstić information content (AvgIpc) is 3.29. The number of esters is 1. The van der Waals surface area contributed by atoms with E-state index in [0.29, 0.717) is 37.8 Å². The predicted molar refractivity (Wildman–Crippen MR) is 126 cm³/mol. The van der Waals surface area contributed by atoms with E-state index in [0.717, 1.165) is 49.8 Å². The first kappa shape index (κ1) is 23.5. The first-order valence-electron chi connectivity index (χ1n) is 12.2. The number of rotatable bonds is 7. The Morgan fingerprint density at radius 3 is 2.64 bits per heavy atom. The molecule has 1 aromatic carbocycles. The molecule has 2 aromatic rings. The second kappa shape index (κ2) is 11.0. The van der Waals surface area contributed by atoms with Crippen LogP contribution in [-0.2, 0) is 20.8 Å². The zero-order valence-electron chi connectivity index (χ0n) is 19.7. The molecule has 1 aromatic heterocycles. The molecule has 1 saturated carbocycles. The Kier molecular flexibility index (Phi) is 7.81. The van der Waals surface area contributed by atoms with E-state index >= 15 is 0 Å². The van der Waals surface area contributed by atoms with Crippen molar-refractivity contribution in [2.45, 2.75) is 65.0 Å². The van der Waals surface area contributed by atoms with Gasteiger partial charge in [-0.25, -0.2) is 4.79 Å². The van der Waals surface area contributed by atoms with Crippen LogP contribution in [0.3, 0.4) is 0 Å². The summed E-state index contributed by atoms with van der Waals surface area (Å²) in [5, 5.41) is 4.31. The Bertz CT molecular complexity index is 943. The molecule has 1 aliphatic heterocycles. The molecule has 178 valence electrons. The minimum absolute atomic E-state index is 0.103. The van der Waals surface area contributed by atoms with Gasteiger partial charge in [0.1, 0.15) is 0 Å². The van der Waals surface area contributed by atoms with Crippen molar-refractivity contribution in [3.63, 3.8) is 0 Å². The van der Waals surface area contributed by atoms with Crippen LogP contribution in [0, 0.1) is 11.8 Å². The predicted octanol–water partition coefficient (Wildman–Crippen LogP) is 4.45. The molecular weight excluding hydrogens is 418 g/mol. The monoisotopic (exact) mass is 453 g/mol. The minimum Gasteiger partial charge on any atom is -0.462 e. The highest BCUT2D eigenvalue weighted by Crippen LogP contribution is 2.33. The van der Waals surface area contributed by atoms with Gasteiger partial charge in [0, 0.05) is 37.1 Å². The fraction of sp³-hybridized carbons (Fsp3) is 0.577. The third-order valence-electron chi connectivity index (χ3n) is 6.84. The topological polar surface area (TPSA) is 73.7 Å². The van der Waals surface area contributed by atoms with Crippen molar-refractivity contribution in [1.82, 2.24) is 9.78 Å². The summed E-state index contributed by atoms with van der Waals surface area (Å²) in [6.07, 6.45) is 9.16. The normalized spacial score (nSPS) is 21.5. The van der Waals surface area contributed by atoms with E-state index in [1.807, 2.05) is 18.2 Å². The van der Waals surface area contributed by atoms with Gasteiger partial charge in [0.05, 0.1) is 24.9 Å². The van der Waals surface area contributed by atoms with Gasteiger partial charge in [-0.3, -0.25) is 9.48 Å². The molecule has 0 unspecified atom stereocenters. The Hall–Kier alpha value is -2.67. The second-order valence-electron chi connectivity index (χ2n) is 9.33. The summed E-state index contributed by atoms with van der Waals surface area (Å²) in [6, 6.07) is 8.33. The third-order valence-corrected chi connectivity index (χ3v) is 6.84. The van der Waals surface area contributed by atoms with E-state index in [2.05, 4.69) is 23.0 Å². The van der Waals surface area contributed by atoms with Crippen LogP contribution in [0.15, 0.2) is 36.7 Å². The van der Waals surface area contributed by atoms with Crippen molar-refractivity contribution < 1.29 is 19.1 Å². The molecule has 0 atom stereocenters. The lowest BCUT2D eigenvalue weighted by molar-refractivity contribution is -0.124. The number of anilines is 1. The fourth-order valence-corrected chi connectivity index (χ4v) is 4.93. The number of amides is 1. The van der Waals surface area contributed by atoms with E-state index in [1.54, 1.807) is 17.8 Å². The lowest BCUT2D eigenvalue weighted by atomic mass is 9.82. The van der Waals surface area contributed by atoms with Gasteiger partial charge < -0.3 is 14.4 Å². The SMILES string of the molecule is CCOC(=O)c1cnn(Cc2cccc(N(C(=O)C3CCC(C)CC3)C3CCOCC3)c2)c1. The van der Waals surface area contributed by atoms with Gasteiger partial charge in [0.15, 0.2) is 0 Å². The number of hydrogen-bond acceptors (Lipinski definition) is 5. The summed E-state index contributed by atoms with van der Waals surface area (Å²) < 4.78 is 12.4. The lowest BCUT2D eigenvalue weighted by Gasteiger charge is -2.38. The van der Waals surface area contributed by atoms with Crippen LogP contribution in [-0.4, -0.2) is 47.5 Å². The summed E-state index contributed by atoms with van der Waals surface area (Å²) in [7, 11) is 0. The van der Waals surface area contributed by atoms with Crippen molar-refractivity contribution in [3.05, 3.63) is 47.8 Å². The number of ether oxygens (including phenoxy) is 2. The highest BCUT2D eigenvalue weighted by molar-refractivity contribution is 5.95. The molecular formula is C26H35N3O4. The summed E-state index contributed by atoms with van der Waals surface area (Å²) in [5.74, 6) is 0.707. The standard InChI is InChI=1S/C26H35N3O4/c1-3-33-26(31)22-16-27-28(18-22)17-20-5-4-6-24(15-20)29(23-11-13-32-14-12-23)25(30)21-9-7-19(2)8-10-21/h4-6,15-16,18-19,21,23H,3,7-14,17H2,1-2H3. The molecule has 1 aliphatic carbocycles. The van der Waals surface area contributed by atoms with Crippen molar-refractivity contribution in [2.75, 3.05) is 24.7 Å². The second-order valence-corrected chi connectivity index (χ2v) is 9.33. The molecule has 7 heteroatoms. The lowest BCUT2D eigenvalue weighted by Crippen LogP contribution is -2.47. The van der Waals surface area contributed by atoms with E-state index in [-0.39, 0.29) is 23.8 Å². The smallest absolute Gasteiger partial charge is 0.341 e. The quantitative estimate of drug-likeness (QED) is 0.579. The molecule has 1 saturated heterocycles. The van der Waals surface area contributed by atoms with Gasteiger partial charge in [-0.1, -0.05) is 19.1 Å². The van der Waals surface area contributed by atoms with Crippen LogP contribution >= 0.6 is 0 Å². The van der Waals surface area contributed by atoms with E-state index in [4.69, 9.17) is 9.47 Å². The number of carbonyl (C=O) groups excluding carboxylic acids is 2. The molecule has 0 bridgehead atoms. The fourth-order valence-electron chi connectivity index (χ4n) is 4.93. The van der Waals surface area contributed by atoms with Crippen LogP contribution in [0.1, 0.15) is 68.3 Å². The van der Waals surface area contributed by atoms with Crippen molar-refractivity contribution in [3.8, 4) is 0 Å². The van der Waals surface area contributed by atoms with Crippen LogP contribution in [0.4, 0.5) is 5.69 Å². The van der Waals surface area contributed by atoms with Gasteiger partial charge in [0.2, 0.25) is 5.91 Å². The molecule has 2 fully saturated rings. The Balaban J connectivity index is 1.54. The summed E-state index contributed by atoms with van der Waals surface area (Å²) in [5.41, 5.74) is 2.42. The first-order chi connectivity index (χ1) is 16.0. The van der Waals surface area contributed by atoms with Crippen molar-refractivity contribution in [2.24, 2.45) is 11.8 Å². The molecule has 0 N–H and O–H groups in total. The number of nitrogens with zero attached hydrogens (tertiary/aromatic N) is 3. The molecule has 4 rings (SSSR count). The highest BCUT2D eigenvalue weighted by atomic mass is 16.5. The van der Waals surface area contributed by atoms with Crippen LogP contribution < -0.4 is 4.90 Å². The number of carbonyl (C=O) groups is 2. The number of benzene rings is 1. The molecule has 33 heavy (non-hydrogen) atoms. The number of aromatic nitrogens is 2. The summed E-state index contributed by atoms with van der Waals surface area (Å²) in [6.45, 7) is 6.31. The van der Waals surface area contributed by atoms with Gasteiger partial charge in [-0.05, 0) is 69.1 Å². The van der Waals surface area contributed by atoms with E-state index in [1.165, 1.54) is 6.20 Å². The Labute approximate surface area is 196 Å². The zero-order chi connectivity index (χ0) is 23.2. The van der Waals surface area contributed by atoms with E-state index in [9.17, 15) is 9.59 Å². The maximum Gasteiger partial charge on any atom is 0.341 e. The maximum absolute atomic E-state index is 13.7. The number of hydrogen-bond donors (Lipinski definition) is 0. The van der Waals surface area contributed by atoms with Crippen LogP contribution in [0.5, 0.6) is 0 Å². The van der Waals surface area contributed by atoms with Crippen molar-refractivity contribution in [1.29, 1.82) is 0 Å². The highest BCUT2D eigenvalue weighted by Gasteiger charge is 2.33. The summed E-state index contributed by atoms with van der Waals surface area (Å²) >= 11 is 0. The molecule has 2 heterocycles. The van der Waals surface area contributed by atoms with Gasteiger partial charge in [-0.15, -0.1) is 0 Å².